The van der Waals surface area contributed by atoms with Crippen LogP contribution in [0.1, 0.15) is 24.3 Å². The van der Waals surface area contributed by atoms with Gasteiger partial charge in [-0.25, -0.2) is 9.48 Å². The van der Waals surface area contributed by atoms with E-state index >= 15 is 0 Å². The second-order valence-electron chi connectivity index (χ2n) is 8.70. The minimum atomic E-state index is -0.723. The van der Waals surface area contributed by atoms with Crippen molar-refractivity contribution in [2.75, 3.05) is 37.7 Å². The highest BCUT2D eigenvalue weighted by atomic mass is 35.5. The molecule has 0 aliphatic carbocycles. The molecule has 1 aliphatic rings. The number of fused-ring (bicyclic) bond motifs is 1. The summed E-state index contributed by atoms with van der Waals surface area (Å²) in [6, 6.07) is 14.4. The maximum atomic E-state index is 12.9. The van der Waals surface area contributed by atoms with Gasteiger partial charge in [0, 0.05) is 48.8 Å². The van der Waals surface area contributed by atoms with Crippen LogP contribution in [0.25, 0.3) is 10.8 Å². The average molecular weight is 483 g/mol. The molecule has 34 heavy (non-hydrogen) atoms. The average Bonchev–Trinajstić information content (AvgIpc) is 2.84. The minimum Gasteiger partial charge on any atom is -0.451 e. The number of rotatable bonds is 6. The number of anilines is 1. The minimum absolute atomic E-state index is 0.0365. The van der Waals surface area contributed by atoms with E-state index in [2.05, 4.69) is 10.00 Å². The Morgan fingerprint density at radius 3 is 2.41 bits per heavy atom. The SMILES string of the molecule is CC(C)Cn1nc(C(=O)OCC(=O)N2CCN(c3cccc(Cl)c3)CC2)c2ccccc2c1=O. The number of aromatic nitrogens is 2. The molecule has 1 aromatic heterocycles. The molecule has 0 saturated carbocycles. The lowest BCUT2D eigenvalue weighted by Gasteiger charge is -2.36. The van der Waals surface area contributed by atoms with Gasteiger partial charge in [-0.1, -0.05) is 49.7 Å². The number of carbonyl (C=O) groups is 2. The van der Waals surface area contributed by atoms with Crippen LogP contribution in [0.4, 0.5) is 5.69 Å². The van der Waals surface area contributed by atoms with Crippen molar-refractivity contribution in [2.45, 2.75) is 20.4 Å². The topological polar surface area (TPSA) is 84.7 Å². The van der Waals surface area contributed by atoms with Gasteiger partial charge in [0.05, 0.1) is 5.39 Å². The fourth-order valence-corrected chi connectivity index (χ4v) is 4.21. The summed E-state index contributed by atoms with van der Waals surface area (Å²) in [5, 5.41) is 5.75. The Balaban J connectivity index is 1.41. The molecule has 2 heterocycles. The molecule has 0 spiro atoms. The smallest absolute Gasteiger partial charge is 0.359 e. The van der Waals surface area contributed by atoms with Crippen LogP contribution in [-0.4, -0.2) is 59.3 Å². The first-order valence-corrected chi connectivity index (χ1v) is 11.7. The Morgan fingerprint density at radius 2 is 1.74 bits per heavy atom. The molecular formula is C25H27ClN4O4. The number of piperazine rings is 1. The first-order valence-electron chi connectivity index (χ1n) is 11.3. The van der Waals surface area contributed by atoms with Crippen LogP contribution in [0.3, 0.4) is 0 Å². The quantitative estimate of drug-likeness (QED) is 0.501. The summed E-state index contributed by atoms with van der Waals surface area (Å²) < 4.78 is 6.63. The van der Waals surface area contributed by atoms with Crippen molar-refractivity contribution in [3.05, 3.63) is 69.6 Å². The molecule has 3 aromatic rings. The third kappa shape index (κ3) is 5.22. The third-order valence-electron chi connectivity index (χ3n) is 5.73. The molecule has 2 aromatic carbocycles. The second-order valence-corrected chi connectivity index (χ2v) is 9.14. The van der Waals surface area contributed by atoms with Gasteiger partial charge in [0.25, 0.3) is 11.5 Å². The molecule has 0 bridgehead atoms. The predicted molar refractivity (Wildman–Crippen MR) is 131 cm³/mol. The van der Waals surface area contributed by atoms with E-state index < -0.39 is 5.97 Å². The fraction of sp³-hybridized carbons (Fsp3) is 0.360. The van der Waals surface area contributed by atoms with Gasteiger partial charge in [0.1, 0.15) is 0 Å². The van der Waals surface area contributed by atoms with Gasteiger partial charge in [0.15, 0.2) is 12.3 Å². The molecule has 1 saturated heterocycles. The van der Waals surface area contributed by atoms with Crippen molar-refractivity contribution in [1.82, 2.24) is 14.7 Å². The Hall–Kier alpha value is -3.39. The summed E-state index contributed by atoms with van der Waals surface area (Å²) in [5.74, 6) is -0.819. The highest BCUT2D eigenvalue weighted by Gasteiger charge is 2.24. The molecule has 0 N–H and O–H groups in total. The van der Waals surface area contributed by atoms with Gasteiger partial charge >= 0.3 is 5.97 Å². The van der Waals surface area contributed by atoms with Gasteiger partial charge < -0.3 is 14.5 Å². The molecule has 0 atom stereocenters. The second kappa shape index (κ2) is 10.3. The van der Waals surface area contributed by atoms with Crippen LogP contribution in [-0.2, 0) is 16.1 Å². The fourth-order valence-electron chi connectivity index (χ4n) is 4.03. The van der Waals surface area contributed by atoms with E-state index in [4.69, 9.17) is 16.3 Å². The predicted octanol–water partition coefficient (Wildman–Crippen LogP) is 3.21. The normalized spacial score (nSPS) is 14.0. The number of benzene rings is 2. The molecule has 1 aliphatic heterocycles. The van der Waals surface area contributed by atoms with E-state index in [0.717, 1.165) is 5.69 Å². The Bertz CT molecular complexity index is 1270. The standard InChI is InChI=1S/C25H27ClN4O4/c1-17(2)15-30-24(32)21-9-4-3-8-20(21)23(27-30)25(33)34-16-22(31)29-12-10-28(11-13-29)19-7-5-6-18(26)14-19/h3-9,14,17H,10-13,15-16H2,1-2H3. The third-order valence-corrected chi connectivity index (χ3v) is 5.97. The van der Waals surface area contributed by atoms with Crippen molar-refractivity contribution < 1.29 is 14.3 Å². The number of ether oxygens (including phenoxy) is 1. The maximum absolute atomic E-state index is 12.9. The Morgan fingerprint density at radius 1 is 1.03 bits per heavy atom. The van der Waals surface area contributed by atoms with Crippen LogP contribution in [0.2, 0.25) is 5.02 Å². The monoisotopic (exact) mass is 482 g/mol. The van der Waals surface area contributed by atoms with Gasteiger partial charge in [-0.3, -0.25) is 9.59 Å². The lowest BCUT2D eigenvalue weighted by atomic mass is 10.1. The molecule has 8 nitrogen and oxygen atoms in total. The lowest BCUT2D eigenvalue weighted by molar-refractivity contribution is -0.134. The van der Waals surface area contributed by atoms with Crippen LogP contribution >= 0.6 is 11.6 Å². The number of nitrogens with zero attached hydrogens (tertiary/aromatic N) is 4. The van der Waals surface area contributed by atoms with Gasteiger partial charge in [-0.15, -0.1) is 0 Å². The number of hydrogen-bond donors (Lipinski definition) is 0. The van der Waals surface area contributed by atoms with E-state index in [1.165, 1.54) is 4.68 Å². The number of hydrogen-bond acceptors (Lipinski definition) is 6. The van der Waals surface area contributed by atoms with E-state index in [-0.39, 0.29) is 29.7 Å². The molecule has 0 unspecified atom stereocenters. The van der Waals surface area contributed by atoms with Gasteiger partial charge in [-0.05, 0) is 30.2 Å². The lowest BCUT2D eigenvalue weighted by Crippen LogP contribution is -2.50. The maximum Gasteiger partial charge on any atom is 0.359 e. The largest absolute Gasteiger partial charge is 0.451 e. The Labute approximate surface area is 202 Å². The molecule has 1 amide bonds. The molecular weight excluding hydrogens is 456 g/mol. The molecule has 1 fully saturated rings. The number of esters is 1. The van der Waals surface area contributed by atoms with E-state index in [0.29, 0.717) is 48.5 Å². The number of amides is 1. The summed E-state index contributed by atoms with van der Waals surface area (Å²) in [5.41, 5.74) is 0.796. The zero-order chi connectivity index (χ0) is 24.2. The summed E-state index contributed by atoms with van der Waals surface area (Å²) in [7, 11) is 0. The number of carbonyl (C=O) groups excluding carboxylic acids is 2. The molecule has 178 valence electrons. The summed E-state index contributed by atoms with van der Waals surface area (Å²) in [6.45, 7) is 6.28. The van der Waals surface area contributed by atoms with Crippen LogP contribution in [0, 0.1) is 5.92 Å². The zero-order valence-corrected chi connectivity index (χ0v) is 20.0. The number of halogens is 1. The van der Waals surface area contributed by atoms with Crippen molar-refractivity contribution in [3.8, 4) is 0 Å². The molecule has 4 rings (SSSR count). The Kier molecular flexibility index (Phi) is 7.17. The first-order chi connectivity index (χ1) is 16.3. The van der Waals surface area contributed by atoms with Crippen molar-refractivity contribution in [2.24, 2.45) is 5.92 Å². The van der Waals surface area contributed by atoms with Crippen LogP contribution in [0.5, 0.6) is 0 Å². The van der Waals surface area contributed by atoms with E-state index in [1.807, 2.05) is 38.1 Å². The van der Waals surface area contributed by atoms with Gasteiger partial charge in [-0.2, -0.15) is 5.10 Å². The van der Waals surface area contributed by atoms with Gasteiger partial charge in [0.2, 0.25) is 0 Å². The summed E-state index contributed by atoms with van der Waals surface area (Å²) >= 11 is 6.08. The van der Waals surface area contributed by atoms with E-state index in [1.54, 1.807) is 29.2 Å². The van der Waals surface area contributed by atoms with Crippen LogP contribution < -0.4 is 10.5 Å². The summed E-state index contributed by atoms with van der Waals surface area (Å²) in [4.78, 5) is 42.1. The zero-order valence-electron chi connectivity index (χ0n) is 19.2. The summed E-state index contributed by atoms with van der Waals surface area (Å²) in [6.07, 6.45) is 0. The highest BCUT2D eigenvalue weighted by Crippen LogP contribution is 2.21. The molecule has 9 heteroatoms. The van der Waals surface area contributed by atoms with Crippen molar-refractivity contribution >= 4 is 39.9 Å². The van der Waals surface area contributed by atoms with Crippen molar-refractivity contribution in [1.29, 1.82) is 0 Å². The van der Waals surface area contributed by atoms with E-state index in [9.17, 15) is 14.4 Å². The van der Waals surface area contributed by atoms with Crippen molar-refractivity contribution in [3.63, 3.8) is 0 Å². The molecule has 0 radical (unpaired) electrons. The highest BCUT2D eigenvalue weighted by molar-refractivity contribution is 6.30. The van der Waals surface area contributed by atoms with Crippen LogP contribution in [0.15, 0.2) is 53.3 Å². The first kappa shape index (κ1) is 23.8.